The van der Waals surface area contributed by atoms with Crippen LogP contribution in [0.4, 0.5) is 16.2 Å². The van der Waals surface area contributed by atoms with Crippen LogP contribution in [-0.4, -0.2) is 30.1 Å². The quantitative estimate of drug-likeness (QED) is 0.254. The molecule has 0 heterocycles. The molecule has 114 valence electrons. The number of ether oxygens (including phenoxy) is 1. The van der Waals surface area contributed by atoms with E-state index in [-0.39, 0.29) is 29.4 Å². The summed E-state index contributed by atoms with van der Waals surface area (Å²) in [6, 6.07) is 2.24. The van der Waals surface area contributed by atoms with Crippen molar-refractivity contribution in [1.29, 1.82) is 0 Å². The number of primary amides is 1. The second kappa shape index (κ2) is 7.26. The van der Waals surface area contributed by atoms with Gasteiger partial charge in [0.2, 0.25) is 0 Å². The molecule has 0 aromatic heterocycles. The van der Waals surface area contributed by atoms with Crippen molar-refractivity contribution in [2.24, 2.45) is 11.6 Å². The van der Waals surface area contributed by atoms with Gasteiger partial charge in [-0.05, 0) is 6.07 Å². The van der Waals surface area contributed by atoms with Crippen molar-refractivity contribution >= 4 is 35.0 Å². The Balaban J connectivity index is 2.85. The van der Waals surface area contributed by atoms with E-state index in [0.29, 0.717) is 0 Å². The third kappa shape index (κ3) is 4.47. The molecule has 0 fully saturated rings. The monoisotopic (exact) mass is 317 g/mol. The van der Waals surface area contributed by atoms with Crippen molar-refractivity contribution in [2.75, 3.05) is 18.6 Å². The average Bonchev–Trinajstić information content (AvgIpc) is 2.42. The summed E-state index contributed by atoms with van der Waals surface area (Å²) >= 11 is 5.81. The van der Waals surface area contributed by atoms with Gasteiger partial charge in [-0.25, -0.2) is 4.79 Å². The number of carbonyl (C=O) groups is 2. The van der Waals surface area contributed by atoms with Gasteiger partial charge in [-0.2, -0.15) is 0 Å². The maximum atomic E-state index is 11.8. The minimum atomic E-state index is -0.971. The molecular weight excluding hydrogens is 306 g/mol. The SMILES string of the molecule is NNc1c(Cl)cc(C(=O)NCCOC(N)=O)cc1[N+](=O)[O-]. The van der Waals surface area contributed by atoms with Gasteiger partial charge in [0.25, 0.3) is 11.6 Å². The highest BCUT2D eigenvalue weighted by molar-refractivity contribution is 6.34. The highest BCUT2D eigenvalue weighted by Gasteiger charge is 2.20. The first-order valence-electron chi connectivity index (χ1n) is 5.51. The number of nitro benzene ring substituents is 1. The minimum absolute atomic E-state index is 0.00984. The Kier molecular flexibility index (Phi) is 5.69. The van der Waals surface area contributed by atoms with Crippen LogP contribution in [0, 0.1) is 10.1 Å². The van der Waals surface area contributed by atoms with Crippen LogP contribution in [-0.2, 0) is 4.74 Å². The Labute approximate surface area is 123 Å². The van der Waals surface area contributed by atoms with Crippen LogP contribution in [0.1, 0.15) is 10.4 Å². The molecule has 11 heteroatoms. The number of hydrazine groups is 1. The van der Waals surface area contributed by atoms with Gasteiger partial charge in [0.15, 0.2) is 0 Å². The van der Waals surface area contributed by atoms with Crippen molar-refractivity contribution in [2.45, 2.75) is 0 Å². The summed E-state index contributed by atoms with van der Waals surface area (Å²) in [4.78, 5) is 32.3. The fraction of sp³-hybridized carbons (Fsp3) is 0.200. The highest BCUT2D eigenvalue weighted by atomic mass is 35.5. The van der Waals surface area contributed by atoms with Gasteiger partial charge in [0.1, 0.15) is 12.3 Å². The van der Waals surface area contributed by atoms with E-state index in [1.54, 1.807) is 0 Å². The number of amides is 2. The van der Waals surface area contributed by atoms with Gasteiger partial charge < -0.3 is 21.2 Å². The van der Waals surface area contributed by atoms with E-state index in [0.717, 1.165) is 6.07 Å². The number of benzene rings is 1. The van der Waals surface area contributed by atoms with E-state index in [1.807, 2.05) is 0 Å². The van der Waals surface area contributed by atoms with E-state index >= 15 is 0 Å². The molecule has 10 nitrogen and oxygen atoms in total. The molecule has 0 aliphatic rings. The van der Waals surface area contributed by atoms with E-state index < -0.39 is 22.6 Å². The topological polar surface area (TPSA) is 163 Å². The van der Waals surface area contributed by atoms with Crippen LogP contribution in [0.5, 0.6) is 0 Å². The molecule has 0 unspecified atom stereocenters. The summed E-state index contributed by atoms with van der Waals surface area (Å²) in [6.07, 6.45) is -0.971. The predicted molar refractivity (Wildman–Crippen MR) is 73.8 cm³/mol. The molecule has 1 aromatic rings. The number of hydrogen-bond donors (Lipinski definition) is 4. The van der Waals surface area contributed by atoms with Crippen molar-refractivity contribution in [3.8, 4) is 0 Å². The summed E-state index contributed by atoms with van der Waals surface area (Å²) in [5, 5.41) is 13.2. The number of nitrogens with two attached hydrogens (primary N) is 2. The molecule has 0 spiro atoms. The number of nitrogens with one attached hydrogen (secondary N) is 2. The Morgan fingerprint density at radius 1 is 1.43 bits per heavy atom. The zero-order chi connectivity index (χ0) is 16.0. The summed E-state index contributed by atoms with van der Waals surface area (Å²) in [6.45, 7) is -0.135. The van der Waals surface area contributed by atoms with Crippen molar-refractivity contribution in [3.05, 3.63) is 32.8 Å². The lowest BCUT2D eigenvalue weighted by molar-refractivity contribution is -0.384. The maximum Gasteiger partial charge on any atom is 0.404 e. The number of anilines is 1. The number of halogens is 1. The molecule has 1 rings (SSSR count). The number of nitrogen functional groups attached to an aromatic ring is 1. The molecule has 1 aromatic carbocycles. The molecule has 6 N–H and O–H groups in total. The average molecular weight is 318 g/mol. The third-order valence-electron chi connectivity index (χ3n) is 2.30. The van der Waals surface area contributed by atoms with Gasteiger partial charge in [0.05, 0.1) is 16.5 Å². The van der Waals surface area contributed by atoms with Crippen LogP contribution in [0.25, 0.3) is 0 Å². The van der Waals surface area contributed by atoms with Crippen LogP contribution >= 0.6 is 11.6 Å². The molecule has 2 amide bonds. The first-order valence-corrected chi connectivity index (χ1v) is 5.89. The summed E-state index contributed by atoms with van der Waals surface area (Å²) in [5.41, 5.74) is 6.26. The molecule has 0 bridgehead atoms. The van der Waals surface area contributed by atoms with Crippen LogP contribution in [0.2, 0.25) is 5.02 Å². The largest absolute Gasteiger partial charge is 0.448 e. The molecule has 0 atom stereocenters. The fourth-order valence-electron chi connectivity index (χ4n) is 1.43. The van der Waals surface area contributed by atoms with Crippen molar-refractivity contribution in [3.63, 3.8) is 0 Å². The van der Waals surface area contributed by atoms with Crippen molar-refractivity contribution < 1.29 is 19.2 Å². The van der Waals surface area contributed by atoms with Crippen LogP contribution in [0.15, 0.2) is 12.1 Å². The fourth-order valence-corrected chi connectivity index (χ4v) is 1.70. The van der Waals surface area contributed by atoms with Crippen molar-refractivity contribution in [1.82, 2.24) is 5.32 Å². The van der Waals surface area contributed by atoms with Gasteiger partial charge in [-0.1, -0.05) is 11.6 Å². The maximum absolute atomic E-state index is 11.8. The van der Waals surface area contributed by atoms with Gasteiger partial charge in [-0.3, -0.25) is 20.8 Å². The standard InChI is InChI=1S/C10H12ClN5O5/c11-6-3-5(4-7(16(19)20)8(6)15-13)9(17)14-1-2-21-10(12)18/h3-4,15H,1-2,13H2,(H2,12,18)(H,14,17). The first-order chi connectivity index (χ1) is 9.86. The first kappa shape index (κ1) is 16.5. The lowest BCUT2D eigenvalue weighted by Crippen LogP contribution is -2.29. The Morgan fingerprint density at radius 3 is 2.62 bits per heavy atom. The van der Waals surface area contributed by atoms with Crippen LogP contribution < -0.4 is 22.3 Å². The van der Waals surface area contributed by atoms with E-state index in [1.165, 1.54) is 6.07 Å². The second-order valence-corrected chi connectivity index (χ2v) is 4.08. The molecule has 0 saturated carbocycles. The van der Waals surface area contributed by atoms with Gasteiger partial charge in [-0.15, -0.1) is 0 Å². The smallest absolute Gasteiger partial charge is 0.404 e. The number of nitrogens with zero attached hydrogens (tertiary/aromatic N) is 1. The minimum Gasteiger partial charge on any atom is -0.448 e. The summed E-state index contributed by atoms with van der Waals surface area (Å²) < 4.78 is 4.41. The molecular formula is C10H12ClN5O5. The van der Waals surface area contributed by atoms with Gasteiger partial charge in [0, 0.05) is 11.6 Å². The van der Waals surface area contributed by atoms with Crippen LogP contribution in [0.3, 0.4) is 0 Å². The lowest BCUT2D eigenvalue weighted by atomic mass is 10.1. The molecule has 0 aliphatic heterocycles. The summed E-state index contributed by atoms with van der Waals surface area (Å²) in [7, 11) is 0. The van der Waals surface area contributed by atoms with E-state index in [2.05, 4.69) is 15.5 Å². The Morgan fingerprint density at radius 2 is 2.10 bits per heavy atom. The number of carbonyl (C=O) groups excluding carboxylic acids is 2. The van der Waals surface area contributed by atoms with E-state index in [9.17, 15) is 19.7 Å². The third-order valence-corrected chi connectivity index (χ3v) is 2.60. The lowest BCUT2D eigenvalue weighted by Gasteiger charge is -2.08. The number of rotatable bonds is 6. The Hall–Kier alpha value is -2.59. The number of nitro groups is 1. The molecule has 0 saturated heterocycles. The molecule has 0 radical (unpaired) electrons. The molecule has 21 heavy (non-hydrogen) atoms. The number of hydrogen-bond acceptors (Lipinski definition) is 7. The predicted octanol–water partition coefficient (Wildman–Crippen LogP) is 0.359. The molecule has 0 aliphatic carbocycles. The summed E-state index contributed by atoms with van der Waals surface area (Å²) in [5.74, 6) is 4.51. The zero-order valence-corrected chi connectivity index (χ0v) is 11.3. The van der Waals surface area contributed by atoms with Gasteiger partial charge >= 0.3 is 6.09 Å². The normalized spacial score (nSPS) is 9.81. The Bertz CT molecular complexity index is 579. The zero-order valence-electron chi connectivity index (χ0n) is 10.6. The highest BCUT2D eigenvalue weighted by Crippen LogP contribution is 2.32. The van der Waals surface area contributed by atoms with E-state index in [4.69, 9.17) is 23.2 Å². The second-order valence-electron chi connectivity index (χ2n) is 3.68.